The molecule has 8 heteroatoms. The topological polar surface area (TPSA) is 75.7 Å². The minimum Gasteiger partial charge on any atom is -0.495 e. The molecular formula is C19H23ClN2O4S. The molecule has 1 amide bonds. The van der Waals surface area contributed by atoms with Crippen molar-refractivity contribution in [3.8, 4) is 5.75 Å². The third-order valence-electron chi connectivity index (χ3n) is 3.98. The van der Waals surface area contributed by atoms with E-state index >= 15 is 0 Å². The number of anilines is 2. The van der Waals surface area contributed by atoms with Gasteiger partial charge < -0.3 is 10.1 Å². The highest BCUT2D eigenvalue weighted by molar-refractivity contribution is 7.92. The van der Waals surface area contributed by atoms with Crippen molar-refractivity contribution in [2.75, 3.05) is 29.5 Å². The first-order valence-electron chi connectivity index (χ1n) is 8.39. The van der Waals surface area contributed by atoms with Crippen molar-refractivity contribution >= 4 is 38.9 Å². The van der Waals surface area contributed by atoms with Crippen LogP contribution in [0.3, 0.4) is 0 Å². The molecule has 27 heavy (non-hydrogen) atoms. The molecule has 0 atom stereocenters. The average Bonchev–Trinajstić information content (AvgIpc) is 2.60. The maximum absolute atomic E-state index is 12.2. The van der Waals surface area contributed by atoms with E-state index in [0.717, 1.165) is 11.8 Å². The molecule has 2 rings (SSSR count). The summed E-state index contributed by atoms with van der Waals surface area (Å²) in [5, 5.41) is 3.42. The molecule has 0 aliphatic rings. The number of hydrogen-bond acceptors (Lipinski definition) is 4. The molecule has 0 spiro atoms. The summed E-state index contributed by atoms with van der Waals surface area (Å²) in [6.45, 7) is 2.03. The lowest BCUT2D eigenvalue weighted by atomic mass is 10.2. The number of halogens is 1. The molecule has 0 radical (unpaired) electrons. The van der Waals surface area contributed by atoms with Crippen LogP contribution in [0.1, 0.15) is 18.4 Å². The fraction of sp³-hybridized carbons (Fsp3) is 0.316. The summed E-state index contributed by atoms with van der Waals surface area (Å²) in [6.07, 6.45) is 1.68. The zero-order valence-electron chi connectivity index (χ0n) is 15.5. The molecule has 0 aromatic heterocycles. The van der Waals surface area contributed by atoms with E-state index in [1.807, 2.05) is 6.92 Å². The number of methoxy groups -OCH3 is 1. The smallest absolute Gasteiger partial charge is 0.232 e. The second-order valence-electron chi connectivity index (χ2n) is 6.12. The Kier molecular flexibility index (Phi) is 7.10. The van der Waals surface area contributed by atoms with Crippen LogP contribution in [0.25, 0.3) is 0 Å². The number of aryl methyl sites for hydroxylation is 1. The van der Waals surface area contributed by atoms with Gasteiger partial charge in [0.1, 0.15) is 5.75 Å². The Hall–Kier alpha value is -2.25. The standard InChI is InChI=1S/C19H23ClN2O4S/c1-14-13-15(20)10-11-16(14)21-19(23)9-6-12-22(27(3,24)25)17-7-4-5-8-18(17)26-2/h4-5,7-8,10-11,13H,6,9,12H2,1-3H3,(H,21,23). The predicted molar refractivity (Wildman–Crippen MR) is 109 cm³/mol. The van der Waals surface area contributed by atoms with Crippen molar-refractivity contribution in [1.82, 2.24) is 0 Å². The van der Waals surface area contributed by atoms with Crippen molar-refractivity contribution < 1.29 is 17.9 Å². The van der Waals surface area contributed by atoms with Gasteiger partial charge in [-0.25, -0.2) is 8.42 Å². The largest absolute Gasteiger partial charge is 0.495 e. The van der Waals surface area contributed by atoms with Crippen molar-refractivity contribution in [3.63, 3.8) is 0 Å². The highest BCUT2D eigenvalue weighted by Crippen LogP contribution is 2.29. The van der Waals surface area contributed by atoms with Crippen LogP contribution >= 0.6 is 11.6 Å². The summed E-state index contributed by atoms with van der Waals surface area (Å²) in [5.41, 5.74) is 2.01. The lowest BCUT2D eigenvalue weighted by molar-refractivity contribution is -0.116. The fourth-order valence-electron chi connectivity index (χ4n) is 2.66. The van der Waals surface area contributed by atoms with Gasteiger partial charge in [-0.05, 0) is 49.2 Å². The molecular weight excluding hydrogens is 388 g/mol. The number of carbonyl (C=O) groups is 1. The first-order valence-corrected chi connectivity index (χ1v) is 10.6. The molecule has 0 bridgehead atoms. The van der Waals surface area contributed by atoms with Gasteiger partial charge in [0.15, 0.2) is 0 Å². The molecule has 2 aromatic rings. The summed E-state index contributed by atoms with van der Waals surface area (Å²) in [7, 11) is -2.02. The van der Waals surface area contributed by atoms with Gasteiger partial charge in [0, 0.05) is 23.7 Å². The number of para-hydroxylation sites is 2. The molecule has 2 aromatic carbocycles. The van der Waals surface area contributed by atoms with E-state index in [-0.39, 0.29) is 18.9 Å². The molecule has 6 nitrogen and oxygen atoms in total. The number of hydrogen-bond donors (Lipinski definition) is 1. The number of ether oxygens (including phenoxy) is 1. The number of nitrogens with zero attached hydrogens (tertiary/aromatic N) is 1. The first kappa shape index (κ1) is 21.1. The van der Waals surface area contributed by atoms with Crippen molar-refractivity contribution in [3.05, 3.63) is 53.1 Å². The van der Waals surface area contributed by atoms with E-state index in [0.29, 0.717) is 28.6 Å². The van der Waals surface area contributed by atoms with E-state index in [2.05, 4.69) is 5.32 Å². The van der Waals surface area contributed by atoms with Crippen molar-refractivity contribution in [2.24, 2.45) is 0 Å². The van der Waals surface area contributed by atoms with Crippen molar-refractivity contribution in [2.45, 2.75) is 19.8 Å². The Labute approximate surface area is 165 Å². The second-order valence-corrected chi connectivity index (χ2v) is 8.46. The number of benzene rings is 2. The van der Waals surface area contributed by atoms with Crippen LogP contribution in [0.2, 0.25) is 5.02 Å². The van der Waals surface area contributed by atoms with E-state index in [1.165, 1.54) is 11.4 Å². The number of carbonyl (C=O) groups excluding carboxylic acids is 1. The van der Waals surface area contributed by atoms with Crippen LogP contribution in [0.4, 0.5) is 11.4 Å². The third-order valence-corrected chi connectivity index (χ3v) is 5.40. The number of sulfonamides is 1. The van der Waals surface area contributed by atoms with Crippen LogP contribution in [0.5, 0.6) is 5.75 Å². The van der Waals surface area contributed by atoms with Gasteiger partial charge in [-0.15, -0.1) is 0 Å². The molecule has 0 heterocycles. The monoisotopic (exact) mass is 410 g/mol. The van der Waals surface area contributed by atoms with Gasteiger partial charge in [-0.1, -0.05) is 23.7 Å². The van der Waals surface area contributed by atoms with E-state index in [9.17, 15) is 13.2 Å². The van der Waals surface area contributed by atoms with Gasteiger partial charge in [0.25, 0.3) is 0 Å². The Morgan fingerprint density at radius 3 is 2.56 bits per heavy atom. The highest BCUT2D eigenvalue weighted by Gasteiger charge is 2.20. The molecule has 0 aliphatic heterocycles. The normalized spacial score (nSPS) is 11.1. The molecule has 1 N–H and O–H groups in total. The van der Waals surface area contributed by atoms with Gasteiger partial charge in [-0.3, -0.25) is 9.10 Å². The van der Waals surface area contributed by atoms with Crippen molar-refractivity contribution in [1.29, 1.82) is 0 Å². The summed E-state index contributed by atoms with van der Waals surface area (Å²) in [4.78, 5) is 12.2. The molecule has 0 aliphatic carbocycles. The predicted octanol–water partition coefficient (Wildman–Crippen LogP) is 3.84. The van der Waals surface area contributed by atoms with Gasteiger partial charge >= 0.3 is 0 Å². The van der Waals surface area contributed by atoms with Crippen LogP contribution in [-0.4, -0.2) is 34.2 Å². The van der Waals surface area contributed by atoms with E-state index in [1.54, 1.807) is 42.5 Å². The quantitative estimate of drug-likeness (QED) is 0.717. The molecule has 0 saturated carbocycles. The summed E-state index contributed by atoms with van der Waals surface area (Å²) >= 11 is 5.91. The first-order chi connectivity index (χ1) is 12.7. The Bertz CT molecular complexity index is 916. The highest BCUT2D eigenvalue weighted by atomic mass is 35.5. The van der Waals surface area contributed by atoms with Gasteiger partial charge in [-0.2, -0.15) is 0 Å². The second kappa shape index (κ2) is 9.10. The summed E-state index contributed by atoms with van der Waals surface area (Å²) < 4.78 is 30.9. The molecule has 0 saturated heterocycles. The van der Waals surface area contributed by atoms with Crippen LogP contribution in [0.15, 0.2) is 42.5 Å². The molecule has 0 fully saturated rings. The number of rotatable bonds is 8. The Morgan fingerprint density at radius 1 is 1.22 bits per heavy atom. The molecule has 0 unspecified atom stereocenters. The van der Waals surface area contributed by atoms with Crippen LogP contribution < -0.4 is 14.4 Å². The summed E-state index contributed by atoms with van der Waals surface area (Å²) in [5.74, 6) is 0.276. The van der Waals surface area contributed by atoms with Crippen LogP contribution in [0, 0.1) is 6.92 Å². The van der Waals surface area contributed by atoms with Gasteiger partial charge in [0.05, 0.1) is 19.1 Å². The Balaban J connectivity index is 2.02. The third kappa shape index (κ3) is 5.87. The fourth-order valence-corrected chi connectivity index (χ4v) is 3.86. The lowest BCUT2D eigenvalue weighted by Gasteiger charge is -2.24. The minimum absolute atomic E-state index is 0.173. The SMILES string of the molecule is COc1ccccc1N(CCCC(=O)Nc1ccc(Cl)cc1C)S(C)(=O)=O. The lowest BCUT2D eigenvalue weighted by Crippen LogP contribution is -2.31. The summed E-state index contributed by atoms with van der Waals surface area (Å²) in [6, 6.07) is 12.1. The molecule has 146 valence electrons. The van der Waals surface area contributed by atoms with E-state index in [4.69, 9.17) is 16.3 Å². The zero-order valence-corrected chi connectivity index (χ0v) is 17.1. The van der Waals surface area contributed by atoms with Crippen LogP contribution in [-0.2, 0) is 14.8 Å². The number of nitrogens with one attached hydrogen (secondary N) is 1. The average molecular weight is 411 g/mol. The maximum atomic E-state index is 12.2. The maximum Gasteiger partial charge on any atom is 0.232 e. The number of amides is 1. The van der Waals surface area contributed by atoms with E-state index < -0.39 is 10.0 Å². The van der Waals surface area contributed by atoms with Gasteiger partial charge in [0.2, 0.25) is 15.9 Å². The zero-order chi connectivity index (χ0) is 20.0. The minimum atomic E-state index is -3.51. The Morgan fingerprint density at radius 2 is 1.93 bits per heavy atom.